The van der Waals surface area contributed by atoms with Crippen molar-refractivity contribution in [2.75, 3.05) is 45.8 Å². The van der Waals surface area contributed by atoms with Crippen LogP contribution in [0.1, 0.15) is 6.42 Å². The fourth-order valence-electron chi connectivity index (χ4n) is 1.78. The first kappa shape index (κ1) is 15.7. The number of nitrogens with zero attached hydrogens (tertiary/aromatic N) is 1. The normalized spacial score (nSPS) is 17.7. The summed E-state index contributed by atoms with van der Waals surface area (Å²) in [5.41, 5.74) is 0. The molecule has 1 heterocycles. The summed E-state index contributed by atoms with van der Waals surface area (Å²) in [5, 5.41) is 25.6. The van der Waals surface area contributed by atoms with Crippen LogP contribution in [0.2, 0.25) is 0 Å². The van der Waals surface area contributed by atoms with Gasteiger partial charge in [-0.05, 0) is 13.0 Å². The maximum absolute atomic E-state index is 11.3. The van der Waals surface area contributed by atoms with Gasteiger partial charge >= 0.3 is 12.0 Å². The molecule has 8 nitrogen and oxygen atoms in total. The van der Waals surface area contributed by atoms with Gasteiger partial charge in [0.15, 0.2) is 6.10 Å². The second kappa shape index (κ2) is 8.68. The first-order valence-corrected chi connectivity index (χ1v) is 6.45. The third kappa shape index (κ3) is 6.94. The molecule has 1 aliphatic heterocycles. The number of amides is 2. The summed E-state index contributed by atoms with van der Waals surface area (Å²) < 4.78 is 0. The zero-order valence-electron chi connectivity index (χ0n) is 10.9. The van der Waals surface area contributed by atoms with Crippen molar-refractivity contribution >= 4 is 12.0 Å². The second-order valence-corrected chi connectivity index (χ2v) is 4.44. The van der Waals surface area contributed by atoms with Gasteiger partial charge in [-0.25, -0.2) is 9.59 Å². The number of hydrogen-bond donors (Lipinski definition) is 5. The first-order chi connectivity index (χ1) is 9.09. The molecular weight excluding hydrogens is 252 g/mol. The van der Waals surface area contributed by atoms with Crippen LogP contribution in [0.4, 0.5) is 4.79 Å². The minimum absolute atomic E-state index is 0.293. The third-order valence-corrected chi connectivity index (χ3v) is 2.89. The zero-order valence-corrected chi connectivity index (χ0v) is 10.9. The summed E-state index contributed by atoms with van der Waals surface area (Å²) in [6.45, 7) is 5.22. The van der Waals surface area contributed by atoms with Crippen molar-refractivity contribution in [3.8, 4) is 0 Å². The van der Waals surface area contributed by atoms with Crippen molar-refractivity contribution in [3.05, 3.63) is 0 Å². The van der Waals surface area contributed by atoms with Gasteiger partial charge < -0.3 is 31.1 Å². The van der Waals surface area contributed by atoms with Gasteiger partial charge in [0.1, 0.15) is 0 Å². The van der Waals surface area contributed by atoms with Gasteiger partial charge in [0.2, 0.25) is 0 Å². The van der Waals surface area contributed by atoms with Crippen LogP contribution in [0.5, 0.6) is 0 Å². The molecule has 5 N–H and O–H groups in total. The fourth-order valence-corrected chi connectivity index (χ4v) is 1.78. The third-order valence-electron chi connectivity index (χ3n) is 2.89. The van der Waals surface area contributed by atoms with Crippen LogP contribution in [0, 0.1) is 0 Å². The predicted molar refractivity (Wildman–Crippen MR) is 69.0 cm³/mol. The van der Waals surface area contributed by atoms with Crippen LogP contribution < -0.4 is 16.0 Å². The standard InChI is InChI=1S/C11H22N4O4/c16-9(10(17)18)8-14-11(19)13-2-1-5-15-6-3-12-4-7-15/h9,12,16H,1-8H2,(H,17,18)(H2,13,14,19). The molecule has 1 unspecified atom stereocenters. The van der Waals surface area contributed by atoms with E-state index in [-0.39, 0.29) is 6.54 Å². The van der Waals surface area contributed by atoms with Crippen molar-refractivity contribution < 1.29 is 19.8 Å². The molecule has 0 aromatic rings. The number of urea groups is 1. The highest BCUT2D eigenvalue weighted by Gasteiger charge is 2.13. The van der Waals surface area contributed by atoms with Crippen molar-refractivity contribution in [2.45, 2.75) is 12.5 Å². The van der Waals surface area contributed by atoms with E-state index in [4.69, 9.17) is 10.2 Å². The molecule has 1 fully saturated rings. The Morgan fingerprint density at radius 3 is 2.58 bits per heavy atom. The lowest BCUT2D eigenvalue weighted by Crippen LogP contribution is -2.45. The molecule has 0 radical (unpaired) electrons. The van der Waals surface area contributed by atoms with E-state index < -0.39 is 18.1 Å². The van der Waals surface area contributed by atoms with Crippen molar-refractivity contribution in [1.29, 1.82) is 0 Å². The van der Waals surface area contributed by atoms with Crippen molar-refractivity contribution in [1.82, 2.24) is 20.9 Å². The number of aliphatic hydroxyl groups is 1. The molecule has 0 saturated carbocycles. The average Bonchev–Trinajstić information content (AvgIpc) is 2.42. The number of hydrogen-bond acceptors (Lipinski definition) is 5. The lowest BCUT2D eigenvalue weighted by Gasteiger charge is -2.27. The number of carboxylic acid groups (broad SMARTS) is 1. The summed E-state index contributed by atoms with van der Waals surface area (Å²) in [4.78, 5) is 23.9. The van der Waals surface area contributed by atoms with Crippen LogP contribution in [-0.4, -0.2) is 79.0 Å². The number of nitrogens with one attached hydrogen (secondary N) is 3. The number of aliphatic hydroxyl groups excluding tert-OH is 1. The maximum atomic E-state index is 11.3. The lowest BCUT2D eigenvalue weighted by atomic mass is 10.3. The molecule has 2 amide bonds. The van der Waals surface area contributed by atoms with E-state index in [2.05, 4.69) is 20.9 Å². The predicted octanol–water partition coefficient (Wildman–Crippen LogP) is -1.97. The molecule has 8 heteroatoms. The van der Waals surface area contributed by atoms with E-state index in [9.17, 15) is 9.59 Å². The van der Waals surface area contributed by atoms with Gasteiger partial charge in [-0.3, -0.25) is 0 Å². The van der Waals surface area contributed by atoms with Gasteiger partial charge in [0, 0.05) is 32.7 Å². The molecule has 110 valence electrons. The highest BCUT2D eigenvalue weighted by atomic mass is 16.4. The Morgan fingerprint density at radius 2 is 1.95 bits per heavy atom. The van der Waals surface area contributed by atoms with Crippen LogP contribution >= 0.6 is 0 Å². The average molecular weight is 274 g/mol. The molecule has 0 spiro atoms. The van der Waals surface area contributed by atoms with Crippen LogP contribution in [0.25, 0.3) is 0 Å². The number of rotatable bonds is 7. The molecule has 0 aromatic carbocycles. The number of aliphatic carboxylic acids is 1. The molecular formula is C11H22N4O4. The summed E-state index contributed by atoms with van der Waals surface area (Å²) in [5.74, 6) is -1.35. The number of piperazine rings is 1. The number of carbonyl (C=O) groups excluding carboxylic acids is 1. The second-order valence-electron chi connectivity index (χ2n) is 4.44. The Balaban J connectivity index is 1.99. The van der Waals surface area contributed by atoms with Crippen molar-refractivity contribution in [3.63, 3.8) is 0 Å². The van der Waals surface area contributed by atoms with E-state index in [0.717, 1.165) is 39.1 Å². The maximum Gasteiger partial charge on any atom is 0.334 e. The summed E-state index contributed by atoms with van der Waals surface area (Å²) in [6, 6.07) is -0.458. The Hall–Kier alpha value is -1.38. The molecule has 0 aliphatic carbocycles. The smallest absolute Gasteiger partial charge is 0.334 e. The first-order valence-electron chi connectivity index (χ1n) is 6.45. The van der Waals surface area contributed by atoms with Gasteiger partial charge in [-0.15, -0.1) is 0 Å². The molecule has 0 aromatic heterocycles. The largest absolute Gasteiger partial charge is 0.479 e. The molecule has 1 atom stereocenters. The van der Waals surface area contributed by atoms with E-state index in [1.807, 2.05) is 0 Å². The summed E-state index contributed by atoms with van der Waals surface area (Å²) >= 11 is 0. The molecule has 1 rings (SSSR count). The Kier molecular flexibility index (Phi) is 7.16. The molecule has 1 saturated heterocycles. The van der Waals surface area contributed by atoms with E-state index in [1.54, 1.807) is 0 Å². The Bertz CT molecular complexity index is 294. The molecule has 19 heavy (non-hydrogen) atoms. The fraction of sp³-hybridized carbons (Fsp3) is 0.818. The Morgan fingerprint density at radius 1 is 1.26 bits per heavy atom. The highest BCUT2D eigenvalue weighted by molar-refractivity contribution is 5.76. The monoisotopic (exact) mass is 274 g/mol. The van der Waals surface area contributed by atoms with Crippen LogP contribution in [0.15, 0.2) is 0 Å². The number of carboxylic acids is 1. The SMILES string of the molecule is O=C(NCCCN1CCNCC1)NCC(O)C(=O)O. The zero-order chi connectivity index (χ0) is 14.1. The lowest BCUT2D eigenvalue weighted by molar-refractivity contribution is -0.146. The minimum atomic E-state index is -1.56. The van der Waals surface area contributed by atoms with Crippen LogP contribution in [-0.2, 0) is 4.79 Å². The van der Waals surface area contributed by atoms with E-state index in [0.29, 0.717) is 6.54 Å². The minimum Gasteiger partial charge on any atom is -0.479 e. The van der Waals surface area contributed by atoms with Gasteiger partial charge in [-0.1, -0.05) is 0 Å². The molecule has 1 aliphatic rings. The number of carbonyl (C=O) groups is 2. The topological polar surface area (TPSA) is 114 Å². The van der Waals surface area contributed by atoms with Gasteiger partial charge in [-0.2, -0.15) is 0 Å². The van der Waals surface area contributed by atoms with E-state index >= 15 is 0 Å². The van der Waals surface area contributed by atoms with E-state index in [1.165, 1.54) is 0 Å². The quantitative estimate of drug-likeness (QED) is 0.344. The summed E-state index contributed by atoms with van der Waals surface area (Å²) in [6.07, 6.45) is -0.721. The Labute approximate surface area is 112 Å². The van der Waals surface area contributed by atoms with Gasteiger partial charge in [0.05, 0.1) is 6.54 Å². The van der Waals surface area contributed by atoms with Gasteiger partial charge in [0.25, 0.3) is 0 Å². The van der Waals surface area contributed by atoms with Crippen molar-refractivity contribution in [2.24, 2.45) is 0 Å². The van der Waals surface area contributed by atoms with Crippen LogP contribution in [0.3, 0.4) is 0 Å². The highest BCUT2D eigenvalue weighted by Crippen LogP contribution is 1.93. The molecule has 0 bridgehead atoms. The summed E-state index contributed by atoms with van der Waals surface area (Å²) in [7, 11) is 0.